The summed E-state index contributed by atoms with van der Waals surface area (Å²) in [5.41, 5.74) is 0. The highest BCUT2D eigenvalue weighted by atomic mass is 15.1. The predicted octanol–water partition coefficient (Wildman–Crippen LogP) is 9.80. The Kier molecular flexibility index (Phi) is 28.1. The van der Waals surface area contributed by atoms with E-state index in [1.807, 2.05) is 0 Å². The van der Waals surface area contributed by atoms with E-state index in [4.69, 9.17) is 0 Å². The molecule has 0 saturated heterocycles. The van der Waals surface area contributed by atoms with Crippen LogP contribution in [0.1, 0.15) is 142 Å². The molecule has 0 saturated carbocycles. The van der Waals surface area contributed by atoms with E-state index in [0.717, 1.165) is 6.42 Å². The first kappa shape index (κ1) is 33.4. The summed E-state index contributed by atoms with van der Waals surface area (Å²) in [6.45, 7) is 9.72. The fraction of sp³-hybridized carbons (Fsp3) is 0.875. The smallest absolute Gasteiger partial charge is 0.000655 e. The van der Waals surface area contributed by atoms with Crippen molar-refractivity contribution in [1.29, 1.82) is 0 Å². The third kappa shape index (κ3) is 27.6. The Labute approximate surface area is 216 Å². The van der Waals surface area contributed by atoms with Gasteiger partial charge in [0.2, 0.25) is 0 Å². The molecular weight excluding hydrogens is 412 g/mol. The highest BCUT2D eigenvalue weighted by Crippen LogP contribution is 2.11. The van der Waals surface area contributed by atoms with Gasteiger partial charge in [-0.1, -0.05) is 115 Å². The van der Waals surface area contributed by atoms with Crippen LogP contribution in [0.15, 0.2) is 24.3 Å². The summed E-state index contributed by atoms with van der Waals surface area (Å²) < 4.78 is 0. The summed E-state index contributed by atoms with van der Waals surface area (Å²) >= 11 is 0. The molecule has 0 aliphatic rings. The van der Waals surface area contributed by atoms with Crippen LogP contribution in [0.5, 0.6) is 0 Å². The first-order chi connectivity index (χ1) is 16.7. The maximum atomic E-state index is 2.76. The average molecular weight is 477 g/mol. The zero-order chi connectivity index (χ0) is 25.0. The first-order valence-electron chi connectivity index (χ1n) is 15.4. The van der Waals surface area contributed by atoms with E-state index >= 15 is 0 Å². The Bertz CT molecular complexity index is 427. The lowest BCUT2D eigenvalue weighted by Gasteiger charge is -2.23. The second-order valence-corrected chi connectivity index (χ2v) is 10.7. The van der Waals surface area contributed by atoms with Crippen molar-refractivity contribution >= 4 is 0 Å². The second-order valence-electron chi connectivity index (χ2n) is 10.7. The summed E-state index contributed by atoms with van der Waals surface area (Å²) in [6.07, 6.45) is 36.8. The maximum Gasteiger partial charge on any atom is -0.000655 e. The molecule has 0 aromatic carbocycles. The number of hydrogen-bond donors (Lipinski definition) is 0. The Morgan fingerprint density at radius 1 is 0.412 bits per heavy atom. The van der Waals surface area contributed by atoms with E-state index in [1.165, 1.54) is 148 Å². The molecule has 0 aromatic rings. The highest BCUT2D eigenvalue weighted by Gasteiger charge is 2.05. The molecule has 0 aliphatic carbocycles. The van der Waals surface area contributed by atoms with E-state index in [1.54, 1.807) is 0 Å². The van der Waals surface area contributed by atoms with Crippen molar-refractivity contribution in [3.63, 3.8) is 0 Å². The monoisotopic (exact) mass is 477 g/mol. The van der Waals surface area contributed by atoms with Crippen molar-refractivity contribution in [2.45, 2.75) is 142 Å². The molecule has 202 valence electrons. The molecule has 0 radical (unpaired) electrons. The van der Waals surface area contributed by atoms with Crippen molar-refractivity contribution in [2.24, 2.45) is 0 Å². The van der Waals surface area contributed by atoms with Gasteiger partial charge in [-0.05, 0) is 91.6 Å². The van der Waals surface area contributed by atoms with Gasteiger partial charge in [-0.3, -0.25) is 0 Å². The van der Waals surface area contributed by atoms with Crippen LogP contribution < -0.4 is 0 Å². The fourth-order valence-electron chi connectivity index (χ4n) is 4.56. The second kappa shape index (κ2) is 28.6. The van der Waals surface area contributed by atoms with Gasteiger partial charge in [0.05, 0.1) is 0 Å². The molecule has 0 amide bonds. The first-order valence-corrected chi connectivity index (χ1v) is 15.4. The lowest BCUT2D eigenvalue weighted by atomic mass is 10.1. The minimum Gasteiger partial charge on any atom is -0.309 e. The normalized spacial score (nSPS) is 12.3. The Hall–Kier alpha value is -0.600. The van der Waals surface area contributed by atoms with Gasteiger partial charge in [0.25, 0.3) is 0 Å². The molecule has 34 heavy (non-hydrogen) atoms. The summed E-state index contributed by atoms with van der Waals surface area (Å²) in [5.74, 6) is 0. The standard InChI is InChI=1S/C32H64N2/c1-5-7-9-11-13-14-15-16-17-18-19-20-21-23-25-27-31-34(32-28-29-33(3)4)30-26-24-22-12-10-8-6-2/h13-14,16-17H,5-12,15,18-32H2,1-4H3. The van der Waals surface area contributed by atoms with Crippen LogP contribution in [0.25, 0.3) is 0 Å². The van der Waals surface area contributed by atoms with Gasteiger partial charge >= 0.3 is 0 Å². The van der Waals surface area contributed by atoms with Crippen molar-refractivity contribution < 1.29 is 0 Å². The highest BCUT2D eigenvalue weighted by molar-refractivity contribution is 4.92. The van der Waals surface area contributed by atoms with E-state index < -0.39 is 0 Å². The number of nitrogens with zero attached hydrogens (tertiary/aromatic N) is 2. The minimum absolute atomic E-state index is 1.12. The van der Waals surface area contributed by atoms with Gasteiger partial charge in [-0.15, -0.1) is 0 Å². The quantitative estimate of drug-likeness (QED) is 0.0859. The summed E-state index contributed by atoms with van der Waals surface area (Å²) in [5, 5.41) is 0. The zero-order valence-corrected chi connectivity index (χ0v) is 24.2. The molecule has 2 heteroatoms. The van der Waals surface area contributed by atoms with Crippen molar-refractivity contribution in [1.82, 2.24) is 9.80 Å². The lowest BCUT2D eigenvalue weighted by Crippen LogP contribution is -2.29. The molecule has 0 bridgehead atoms. The van der Waals surface area contributed by atoms with E-state index in [-0.39, 0.29) is 0 Å². The predicted molar refractivity (Wildman–Crippen MR) is 157 cm³/mol. The summed E-state index contributed by atoms with van der Waals surface area (Å²) in [7, 11) is 4.40. The van der Waals surface area contributed by atoms with E-state index in [0.29, 0.717) is 0 Å². The topological polar surface area (TPSA) is 6.48 Å². The minimum atomic E-state index is 1.12. The lowest BCUT2D eigenvalue weighted by molar-refractivity contribution is 0.244. The van der Waals surface area contributed by atoms with Gasteiger partial charge in [0.15, 0.2) is 0 Å². The number of hydrogen-bond acceptors (Lipinski definition) is 2. The summed E-state index contributed by atoms with van der Waals surface area (Å²) in [6, 6.07) is 0. The van der Waals surface area contributed by atoms with Crippen LogP contribution in [0.4, 0.5) is 0 Å². The van der Waals surface area contributed by atoms with Crippen molar-refractivity contribution in [3.05, 3.63) is 24.3 Å². The van der Waals surface area contributed by atoms with E-state index in [9.17, 15) is 0 Å². The van der Waals surface area contributed by atoms with Gasteiger partial charge in [0, 0.05) is 0 Å². The van der Waals surface area contributed by atoms with Gasteiger partial charge in [0.1, 0.15) is 0 Å². The molecule has 0 rings (SSSR count). The van der Waals surface area contributed by atoms with E-state index in [2.05, 4.69) is 62.0 Å². The van der Waals surface area contributed by atoms with Gasteiger partial charge in [-0.25, -0.2) is 0 Å². The number of allylic oxidation sites excluding steroid dienone is 4. The fourth-order valence-corrected chi connectivity index (χ4v) is 4.56. The Morgan fingerprint density at radius 2 is 0.824 bits per heavy atom. The number of unbranched alkanes of at least 4 members (excludes halogenated alkanes) is 15. The van der Waals surface area contributed by atoms with Crippen LogP contribution in [0.2, 0.25) is 0 Å². The van der Waals surface area contributed by atoms with Gasteiger partial charge < -0.3 is 9.80 Å². The maximum absolute atomic E-state index is 2.76. The third-order valence-electron chi connectivity index (χ3n) is 6.83. The van der Waals surface area contributed by atoms with Crippen LogP contribution in [0, 0.1) is 0 Å². The van der Waals surface area contributed by atoms with Crippen molar-refractivity contribution in [2.75, 3.05) is 40.3 Å². The molecule has 0 atom stereocenters. The molecule has 0 aromatic heterocycles. The van der Waals surface area contributed by atoms with Gasteiger partial charge in [-0.2, -0.15) is 0 Å². The molecule has 0 fully saturated rings. The third-order valence-corrected chi connectivity index (χ3v) is 6.83. The van der Waals surface area contributed by atoms with Crippen LogP contribution in [-0.4, -0.2) is 50.1 Å². The largest absolute Gasteiger partial charge is 0.309 e. The Balaban J connectivity index is 3.70. The molecular formula is C32H64N2. The SMILES string of the molecule is CCCCCC=CCC=CCCCCCCCCN(CCCCCCCCC)CCCN(C)C. The van der Waals surface area contributed by atoms with Crippen LogP contribution in [-0.2, 0) is 0 Å². The number of rotatable bonds is 27. The Morgan fingerprint density at radius 3 is 1.35 bits per heavy atom. The molecule has 0 unspecified atom stereocenters. The molecule has 2 nitrogen and oxygen atoms in total. The molecule has 0 spiro atoms. The average Bonchev–Trinajstić information content (AvgIpc) is 2.82. The van der Waals surface area contributed by atoms with Crippen LogP contribution >= 0.6 is 0 Å². The summed E-state index contributed by atoms with van der Waals surface area (Å²) in [4.78, 5) is 5.09. The zero-order valence-electron chi connectivity index (χ0n) is 24.2. The molecule has 0 N–H and O–H groups in total. The molecule has 0 aliphatic heterocycles. The van der Waals surface area contributed by atoms with Crippen LogP contribution in [0.3, 0.4) is 0 Å². The van der Waals surface area contributed by atoms with Crippen molar-refractivity contribution in [3.8, 4) is 0 Å². The molecule has 0 heterocycles.